The van der Waals surface area contributed by atoms with Crippen LogP contribution < -0.4 is 0 Å². The molecular formula is C13H8ClN5O2S2. The van der Waals surface area contributed by atoms with E-state index in [0.29, 0.717) is 21.2 Å². The Labute approximate surface area is 144 Å². The molecule has 1 N–H and O–H groups in total. The first-order valence-corrected chi connectivity index (χ1v) is 7.92. The highest BCUT2D eigenvalue weighted by Crippen LogP contribution is 2.23. The molecule has 2 heterocycles. The van der Waals surface area contributed by atoms with E-state index in [4.69, 9.17) is 23.8 Å². The smallest absolute Gasteiger partial charge is 0.258 e. The number of nitro benzene ring substituents is 1. The van der Waals surface area contributed by atoms with Crippen molar-refractivity contribution in [3.8, 4) is 10.7 Å². The fourth-order valence-electron chi connectivity index (χ4n) is 1.83. The van der Waals surface area contributed by atoms with E-state index in [9.17, 15) is 10.1 Å². The zero-order valence-corrected chi connectivity index (χ0v) is 13.7. The number of benzene rings is 1. The first kappa shape index (κ1) is 15.5. The molecule has 2 aromatic heterocycles. The number of thiophene rings is 1. The molecule has 0 aliphatic heterocycles. The van der Waals surface area contributed by atoms with Gasteiger partial charge < -0.3 is 0 Å². The summed E-state index contributed by atoms with van der Waals surface area (Å²) in [5.41, 5.74) is 0.353. The molecule has 3 rings (SSSR count). The van der Waals surface area contributed by atoms with Crippen LogP contribution in [-0.4, -0.2) is 26.0 Å². The van der Waals surface area contributed by atoms with Gasteiger partial charge in [-0.3, -0.25) is 10.1 Å². The molecule has 0 saturated heterocycles. The first-order chi connectivity index (χ1) is 11.1. The van der Waals surface area contributed by atoms with Crippen molar-refractivity contribution in [1.82, 2.24) is 14.9 Å². The Bertz CT molecular complexity index is 946. The van der Waals surface area contributed by atoms with Crippen molar-refractivity contribution < 1.29 is 4.92 Å². The van der Waals surface area contributed by atoms with Crippen molar-refractivity contribution in [2.75, 3.05) is 0 Å². The molecule has 0 fully saturated rings. The van der Waals surface area contributed by atoms with Crippen LogP contribution >= 0.6 is 35.2 Å². The van der Waals surface area contributed by atoms with Crippen molar-refractivity contribution in [1.29, 1.82) is 0 Å². The van der Waals surface area contributed by atoms with Gasteiger partial charge in [0.05, 0.1) is 16.0 Å². The van der Waals surface area contributed by atoms with Crippen LogP contribution in [0.1, 0.15) is 5.56 Å². The van der Waals surface area contributed by atoms with E-state index in [0.717, 1.165) is 4.88 Å². The van der Waals surface area contributed by atoms with Gasteiger partial charge in [-0.05, 0) is 29.7 Å². The number of halogens is 1. The molecule has 23 heavy (non-hydrogen) atoms. The zero-order chi connectivity index (χ0) is 16.4. The molecule has 10 heteroatoms. The first-order valence-electron chi connectivity index (χ1n) is 6.26. The summed E-state index contributed by atoms with van der Waals surface area (Å²) >= 11 is 12.7. The summed E-state index contributed by atoms with van der Waals surface area (Å²) in [6.45, 7) is 0. The van der Waals surface area contributed by atoms with Gasteiger partial charge in [-0.2, -0.15) is 14.9 Å². The number of nitro groups is 1. The van der Waals surface area contributed by atoms with Gasteiger partial charge in [0.1, 0.15) is 0 Å². The number of nitrogens with zero attached hydrogens (tertiary/aromatic N) is 4. The van der Waals surface area contributed by atoms with Crippen LogP contribution in [0.5, 0.6) is 0 Å². The SMILES string of the molecule is O=[N+]([O-])c1ccc(Cl)c(C=Nn2c(-c3cccs3)n[nH]c2=S)c1. The van der Waals surface area contributed by atoms with Gasteiger partial charge in [-0.1, -0.05) is 17.7 Å². The van der Waals surface area contributed by atoms with Crippen molar-refractivity contribution in [2.24, 2.45) is 5.10 Å². The van der Waals surface area contributed by atoms with Crippen LogP contribution in [0, 0.1) is 14.9 Å². The van der Waals surface area contributed by atoms with E-state index < -0.39 is 4.92 Å². The average molecular weight is 366 g/mol. The number of hydrogen-bond acceptors (Lipinski definition) is 6. The number of H-pyrrole nitrogens is 1. The van der Waals surface area contributed by atoms with Gasteiger partial charge in [0.2, 0.25) is 4.77 Å². The van der Waals surface area contributed by atoms with Crippen LogP contribution in [0.4, 0.5) is 5.69 Å². The molecule has 7 nitrogen and oxygen atoms in total. The molecule has 1 aromatic carbocycles. The summed E-state index contributed by atoms with van der Waals surface area (Å²) < 4.78 is 1.75. The third kappa shape index (κ3) is 3.21. The highest BCUT2D eigenvalue weighted by atomic mass is 35.5. The van der Waals surface area contributed by atoms with Crippen molar-refractivity contribution >= 4 is 47.1 Å². The van der Waals surface area contributed by atoms with Crippen LogP contribution in [0.15, 0.2) is 40.8 Å². The largest absolute Gasteiger partial charge is 0.270 e. The third-order valence-electron chi connectivity index (χ3n) is 2.89. The average Bonchev–Trinajstić information content (AvgIpc) is 3.16. The Kier molecular flexibility index (Phi) is 4.33. The number of rotatable bonds is 4. The number of aromatic nitrogens is 3. The molecule has 0 atom stereocenters. The van der Waals surface area contributed by atoms with E-state index in [-0.39, 0.29) is 5.69 Å². The molecule has 0 aliphatic carbocycles. The Morgan fingerprint density at radius 2 is 2.30 bits per heavy atom. The lowest BCUT2D eigenvalue weighted by molar-refractivity contribution is -0.384. The Balaban J connectivity index is 2.02. The zero-order valence-electron chi connectivity index (χ0n) is 11.3. The van der Waals surface area contributed by atoms with Gasteiger partial charge >= 0.3 is 0 Å². The molecule has 0 bridgehead atoms. The predicted molar refractivity (Wildman–Crippen MR) is 91.8 cm³/mol. The highest BCUT2D eigenvalue weighted by Gasteiger charge is 2.11. The minimum absolute atomic E-state index is 0.0647. The molecular weight excluding hydrogens is 358 g/mol. The number of aromatic amines is 1. The molecule has 0 unspecified atom stereocenters. The Hall–Kier alpha value is -2.36. The summed E-state index contributed by atoms with van der Waals surface area (Å²) in [6, 6.07) is 7.92. The van der Waals surface area contributed by atoms with Crippen LogP contribution in [0.2, 0.25) is 5.02 Å². The maximum absolute atomic E-state index is 10.8. The summed E-state index contributed by atoms with van der Waals surface area (Å²) in [4.78, 5) is 11.2. The molecule has 116 valence electrons. The maximum atomic E-state index is 10.8. The van der Waals surface area contributed by atoms with Gasteiger partial charge in [-0.15, -0.1) is 11.3 Å². The van der Waals surface area contributed by atoms with E-state index in [1.165, 1.54) is 40.4 Å². The minimum atomic E-state index is -0.492. The summed E-state index contributed by atoms with van der Waals surface area (Å²) in [5, 5.41) is 24.2. The molecule has 0 amide bonds. The quantitative estimate of drug-likeness (QED) is 0.326. The minimum Gasteiger partial charge on any atom is -0.258 e. The second-order valence-electron chi connectivity index (χ2n) is 4.35. The summed E-state index contributed by atoms with van der Waals surface area (Å²) in [5.74, 6) is 0.558. The highest BCUT2D eigenvalue weighted by molar-refractivity contribution is 7.71. The molecule has 3 aromatic rings. The fraction of sp³-hybridized carbons (Fsp3) is 0. The van der Waals surface area contributed by atoms with Crippen LogP contribution in [-0.2, 0) is 0 Å². The maximum Gasteiger partial charge on any atom is 0.270 e. The second kappa shape index (κ2) is 6.41. The van der Waals surface area contributed by atoms with E-state index in [2.05, 4.69) is 15.3 Å². The molecule has 0 saturated carbocycles. The number of nitrogens with one attached hydrogen (secondary N) is 1. The second-order valence-corrected chi connectivity index (χ2v) is 6.09. The van der Waals surface area contributed by atoms with Gasteiger partial charge in [-0.25, -0.2) is 5.10 Å². The van der Waals surface area contributed by atoms with Crippen molar-refractivity contribution in [2.45, 2.75) is 0 Å². The van der Waals surface area contributed by atoms with Crippen molar-refractivity contribution in [3.63, 3.8) is 0 Å². The van der Waals surface area contributed by atoms with Gasteiger partial charge in [0.25, 0.3) is 5.69 Å². The van der Waals surface area contributed by atoms with Crippen LogP contribution in [0.3, 0.4) is 0 Å². The van der Waals surface area contributed by atoms with Gasteiger partial charge in [0.15, 0.2) is 5.82 Å². The number of non-ortho nitro benzene ring substituents is 1. The normalized spacial score (nSPS) is 11.2. The van der Waals surface area contributed by atoms with E-state index in [1.807, 2.05) is 17.5 Å². The van der Waals surface area contributed by atoms with Gasteiger partial charge in [0, 0.05) is 22.7 Å². The van der Waals surface area contributed by atoms with E-state index in [1.54, 1.807) is 0 Å². The molecule has 0 aliphatic rings. The van der Waals surface area contributed by atoms with E-state index >= 15 is 0 Å². The summed E-state index contributed by atoms with van der Waals surface area (Å²) in [6.07, 6.45) is 1.41. The molecule has 0 spiro atoms. The Morgan fingerprint density at radius 1 is 1.48 bits per heavy atom. The lowest BCUT2D eigenvalue weighted by atomic mass is 10.2. The summed E-state index contributed by atoms with van der Waals surface area (Å²) in [7, 11) is 0. The fourth-order valence-corrected chi connectivity index (χ4v) is 2.87. The monoisotopic (exact) mass is 365 g/mol. The standard InChI is InChI=1S/C13H8ClN5O2S2/c14-10-4-3-9(19(20)21)6-8(10)7-15-18-12(16-17-13(18)22)11-2-1-5-23-11/h1-7H,(H,17,22). The predicted octanol–water partition coefficient (Wildman–Crippen LogP) is 4.11. The Morgan fingerprint density at radius 3 is 3.00 bits per heavy atom. The van der Waals surface area contributed by atoms with Crippen LogP contribution in [0.25, 0.3) is 10.7 Å². The topological polar surface area (TPSA) is 89.1 Å². The lowest BCUT2D eigenvalue weighted by Crippen LogP contribution is -1.95. The number of hydrogen-bond donors (Lipinski definition) is 1. The molecule has 0 radical (unpaired) electrons. The van der Waals surface area contributed by atoms with Crippen molar-refractivity contribution in [3.05, 3.63) is 61.2 Å². The lowest BCUT2D eigenvalue weighted by Gasteiger charge is -2.00. The third-order valence-corrected chi connectivity index (χ3v) is 4.37.